The molecular formula is C31H24O7. The van der Waals surface area contributed by atoms with E-state index in [1.807, 2.05) is 36.4 Å². The van der Waals surface area contributed by atoms with Gasteiger partial charge in [0.1, 0.15) is 10.8 Å². The van der Waals surface area contributed by atoms with Gasteiger partial charge in [-0.25, -0.2) is 0 Å². The number of esters is 2. The molecule has 0 N–H and O–H groups in total. The minimum absolute atomic E-state index is 0.0721. The van der Waals surface area contributed by atoms with Crippen LogP contribution >= 0.6 is 0 Å². The summed E-state index contributed by atoms with van der Waals surface area (Å²) in [5.74, 6) is -3.20. The molecule has 0 saturated carbocycles. The standard InChI is InChI=1S/C31H24O7/c1-37-28(35)30-13-19-11-17-7-3-4-8-18(17)12-20(19)14-31(27(30)34,29(36)38-2)16-24-23(15-30)25(32)21-9-5-6-10-22(21)26(24)33/h3-12H,13-16H2,1-2H3. The first kappa shape index (κ1) is 24.0. The van der Waals surface area contributed by atoms with E-state index in [4.69, 9.17) is 9.47 Å². The van der Waals surface area contributed by atoms with Crippen LogP contribution in [0.5, 0.6) is 0 Å². The number of fused-ring (bicyclic) bond motifs is 5. The summed E-state index contributed by atoms with van der Waals surface area (Å²) < 4.78 is 10.4. The monoisotopic (exact) mass is 508 g/mol. The number of carbonyl (C=O) groups excluding carboxylic acids is 5. The molecule has 3 aliphatic carbocycles. The van der Waals surface area contributed by atoms with Crippen LogP contribution in [-0.4, -0.2) is 43.5 Å². The first-order chi connectivity index (χ1) is 18.3. The summed E-state index contributed by atoms with van der Waals surface area (Å²) >= 11 is 0. The number of hydrogen-bond acceptors (Lipinski definition) is 7. The lowest BCUT2D eigenvalue weighted by Gasteiger charge is -2.34. The molecule has 0 saturated heterocycles. The predicted octanol–water partition coefficient (Wildman–Crippen LogP) is 4.00. The number of Topliss-reactive ketones (excluding diaryl/α,β-unsaturated/α-hetero) is 3. The Morgan fingerprint density at radius 3 is 1.42 bits per heavy atom. The lowest BCUT2D eigenvalue weighted by atomic mass is 9.65. The molecule has 0 radical (unpaired) electrons. The molecule has 190 valence electrons. The fraction of sp³-hybridized carbons (Fsp3) is 0.258. The molecule has 0 amide bonds. The smallest absolute Gasteiger partial charge is 0.320 e. The second-order valence-electron chi connectivity index (χ2n) is 10.3. The van der Waals surface area contributed by atoms with Crippen LogP contribution in [0.4, 0.5) is 0 Å². The molecule has 2 atom stereocenters. The van der Waals surface area contributed by atoms with Crippen LogP contribution in [0.1, 0.15) is 44.7 Å². The Morgan fingerprint density at radius 1 is 0.632 bits per heavy atom. The van der Waals surface area contributed by atoms with Crippen LogP contribution in [0.25, 0.3) is 10.8 Å². The minimum atomic E-state index is -1.89. The summed E-state index contributed by atoms with van der Waals surface area (Å²) in [6, 6.07) is 17.9. The van der Waals surface area contributed by atoms with Gasteiger partial charge in [0.25, 0.3) is 0 Å². The van der Waals surface area contributed by atoms with E-state index in [-0.39, 0.29) is 48.0 Å². The summed E-state index contributed by atoms with van der Waals surface area (Å²) in [5.41, 5.74) is -1.75. The van der Waals surface area contributed by atoms with E-state index in [2.05, 4.69) is 0 Å². The highest BCUT2D eigenvalue weighted by molar-refractivity contribution is 6.29. The Morgan fingerprint density at radius 2 is 1.03 bits per heavy atom. The second-order valence-corrected chi connectivity index (χ2v) is 10.3. The lowest BCUT2D eigenvalue weighted by molar-refractivity contribution is -0.168. The maximum absolute atomic E-state index is 14.6. The number of ketones is 3. The average molecular weight is 509 g/mol. The zero-order valence-corrected chi connectivity index (χ0v) is 21.0. The van der Waals surface area contributed by atoms with E-state index in [1.54, 1.807) is 24.3 Å². The van der Waals surface area contributed by atoms with Crippen molar-refractivity contribution in [2.75, 3.05) is 14.2 Å². The number of benzene rings is 3. The third-order valence-corrected chi connectivity index (χ3v) is 8.36. The van der Waals surface area contributed by atoms with Gasteiger partial charge < -0.3 is 9.47 Å². The normalized spacial score (nSPS) is 24.1. The third kappa shape index (κ3) is 3.11. The van der Waals surface area contributed by atoms with E-state index in [1.165, 1.54) is 14.2 Å². The van der Waals surface area contributed by atoms with Gasteiger partial charge in [-0.15, -0.1) is 0 Å². The van der Waals surface area contributed by atoms with Gasteiger partial charge in [0, 0.05) is 35.1 Å². The Bertz CT molecular complexity index is 1530. The van der Waals surface area contributed by atoms with Crippen LogP contribution in [0.15, 0.2) is 71.8 Å². The van der Waals surface area contributed by atoms with Crippen molar-refractivity contribution in [3.05, 3.63) is 94.1 Å². The van der Waals surface area contributed by atoms with Crippen LogP contribution in [0, 0.1) is 10.8 Å². The van der Waals surface area contributed by atoms with Gasteiger partial charge in [0.2, 0.25) is 0 Å². The highest BCUT2D eigenvalue weighted by atomic mass is 16.5. The molecule has 0 fully saturated rings. The van der Waals surface area contributed by atoms with Gasteiger partial charge in [0.15, 0.2) is 17.3 Å². The Labute approximate surface area is 218 Å². The predicted molar refractivity (Wildman–Crippen MR) is 137 cm³/mol. The van der Waals surface area contributed by atoms with Crippen molar-refractivity contribution in [1.29, 1.82) is 0 Å². The number of ether oxygens (including phenoxy) is 2. The fourth-order valence-electron chi connectivity index (χ4n) is 6.54. The van der Waals surface area contributed by atoms with Crippen molar-refractivity contribution in [2.45, 2.75) is 25.7 Å². The lowest BCUT2D eigenvalue weighted by Crippen LogP contribution is -2.52. The third-order valence-electron chi connectivity index (χ3n) is 8.36. The van der Waals surface area contributed by atoms with Gasteiger partial charge >= 0.3 is 11.9 Å². The van der Waals surface area contributed by atoms with Gasteiger partial charge in [-0.3, -0.25) is 24.0 Å². The largest absolute Gasteiger partial charge is 0.468 e. The van der Waals surface area contributed by atoms with Crippen molar-refractivity contribution in [3.63, 3.8) is 0 Å². The Balaban J connectivity index is 1.67. The van der Waals surface area contributed by atoms with Crippen molar-refractivity contribution in [2.24, 2.45) is 10.8 Å². The summed E-state index contributed by atoms with van der Waals surface area (Å²) in [6.07, 6.45) is -0.815. The first-order valence-corrected chi connectivity index (χ1v) is 12.4. The second kappa shape index (κ2) is 8.31. The Kier molecular flexibility index (Phi) is 5.24. The molecule has 7 heteroatoms. The molecule has 2 unspecified atom stereocenters. The van der Waals surface area contributed by atoms with E-state index >= 15 is 0 Å². The number of methoxy groups -OCH3 is 2. The number of rotatable bonds is 2. The van der Waals surface area contributed by atoms with E-state index in [9.17, 15) is 24.0 Å². The summed E-state index contributed by atoms with van der Waals surface area (Å²) in [6.45, 7) is 0. The molecule has 7 nitrogen and oxygen atoms in total. The molecule has 3 aliphatic rings. The Hall–Kier alpha value is -4.39. The van der Waals surface area contributed by atoms with Crippen molar-refractivity contribution >= 4 is 40.1 Å². The summed E-state index contributed by atoms with van der Waals surface area (Å²) in [4.78, 5) is 69.4. The topological polar surface area (TPSA) is 104 Å². The summed E-state index contributed by atoms with van der Waals surface area (Å²) in [5, 5.41) is 1.83. The molecular weight excluding hydrogens is 484 g/mol. The first-order valence-electron chi connectivity index (χ1n) is 12.4. The molecule has 6 rings (SSSR count). The molecule has 0 heterocycles. The number of hydrogen-bond donors (Lipinski definition) is 0. The number of carbonyl (C=O) groups is 5. The van der Waals surface area contributed by atoms with Gasteiger partial charge in [-0.05, 0) is 34.7 Å². The molecule has 0 aromatic heterocycles. The van der Waals surface area contributed by atoms with Crippen LogP contribution < -0.4 is 0 Å². The van der Waals surface area contributed by atoms with Crippen LogP contribution in [0.3, 0.4) is 0 Å². The van der Waals surface area contributed by atoms with Gasteiger partial charge in [-0.2, -0.15) is 0 Å². The van der Waals surface area contributed by atoms with Gasteiger partial charge in [-0.1, -0.05) is 60.7 Å². The zero-order valence-electron chi connectivity index (χ0n) is 21.0. The average Bonchev–Trinajstić information content (AvgIpc) is 3.12. The molecule has 0 spiro atoms. The van der Waals surface area contributed by atoms with Crippen LogP contribution in [-0.2, 0) is 36.7 Å². The molecule has 3 aromatic rings. The highest BCUT2D eigenvalue weighted by Crippen LogP contribution is 2.53. The minimum Gasteiger partial charge on any atom is -0.468 e. The van der Waals surface area contributed by atoms with Crippen molar-refractivity contribution in [1.82, 2.24) is 0 Å². The van der Waals surface area contributed by atoms with Gasteiger partial charge in [0.05, 0.1) is 14.2 Å². The molecule has 38 heavy (non-hydrogen) atoms. The molecule has 2 bridgehead atoms. The molecule has 0 aliphatic heterocycles. The quantitative estimate of drug-likeness (QED) is 0.381. The van der Waals surface area contributed by atoms with Crippen molar-refractivity contribution < 1.29 is 33.4 Å². The van der Waals surface area contributed by atoms with E-state index in [0.717, 1.165) is 10.8 Å². The fourth-order valence-corrected chi connectivity index (χ4v) is 6.54. The SMILES string of the molecule is COC(=O)C12CC3=C(CC(C(=O)OC)(Cc4cc5ccccc5cc4C1)C2=O)C(=O)c1ccccc1C3=O. The number of allylic oxidation sites excluding steroid dienone is 2. The summed E-state index contributed by atoms with van der Waals surface area (Å²) in [7, 11) is 2.36. The van der Waals surface area contributed by atoms with Crippen LogP contribution in [0.2, 0.25) is 0 Å². The highest BCUT2D eigenvalue weighted by Gasteiger charge is 2.64. The maximum atomic E-state index is 14.6. The molecule has 3 aromatic carbocycles. The maximum Gasteiger partial charge on any atom is 0.320 e. The van der Waals surface area contributed by atoms with E-state index < -0.39 is 40.1 Å². The van der Waals surface area contributed by atoms with E-state index in [0.29, 0.717) is 11.1 Å². The zero-order chi connectivity index (χ0) is 26.8. The van der Waals surface area contributed by atoms with Crippen molar-refractivity contribution in [3.8, 4) is 0 Å².